The summed E-state index contributed by atoms with van der Waals surface area (Å²) in [4.78, 5) is 2.69. The predicted molar refractivity (Wildman–Crippen MR) is 59.0 cm³/mol. The molecule has 1 aliphatic heterocycles. The summed E-state index contributed by atoms with van der Waals surface area (Å²) in [6, 6.07) is 0.875. The van der Waals surface area contributed by atoms with Crippen molar-refractivity contribution in [1.82, 2.24) is 4.90 Å². The summed E-state index contributed by atoms with van der Waals surface area (Å²) in [5, 5.41) is 0. The van der Waals surface area contributed by atoms with Gasteiger partial charge in [0.05, 0.1) is 0 Å². The van der Waals surface area contributed by atoms with Gasteiger partial charge in [0.15, 0.2) is 0 Å². The van der Waals surface area contributed by atoms with Crippen LogP contribution in [-0.2, 0) is 0 Å². The third-order valence-corrected chi connectivity index (χ3v) is 2.86. The number of hydrogen-bond acceptors (Lipinski definition) is 1. The lowest BCUT2D eigenvalue weighted by Crippen LogP contribution is -2.33. The molecule has 0 spiro atoms. The third kappa shape index (κ3) is 3.68. The number of hydrogen-bond donors (Lipinski definition) is 0. The van der Waals surface area contributed by atoms with Gasteiger partial charge in [-0.05, 0) is 44.2 Å². The largest absolute Gasteiger partial charge is 0.300 e. The van der Waals surface area contributed by atoms with Gasteiger partial charge in [0, 0.05) is 6.04 Å². The Morgan fingerprint density at radius 3 is 2.54 bits per heavy atom. The molecule has 1 atom stereocenters. The van der Waals surface area contributed by atoms with Crippen molar-refractivity contribution in [2.75, 3.05) is 13.1 Å². The van der Waals surface area contributed by atoms with Gasteiger partial charge >= 0.3 is 0 Å². The highest BCUT2D eigenvalue weighted by atomic mass is 15.2. The van der Waals surface area contributed by atoms with E-state index in [0.717, 1.165) is 6.04 Å². The molecule has 13 heavy (non-hydrogen) atoms. The average Bonchev–Trinajstić information content (AvgIpc) is 2.34. The second-order valence-electron chi connectivity index (χ2n) is 5.60. The molecule has 0 unspecified atom stereocenters. The third-order valence-electron chi connectivity index (χ3n) is 2.86. The highest BCUT2D eigenvalue weighted by Crippen LogP contribution is 2.29. The quantitative estimate of drug-likeness (QED) is 0.649. The van der Waals surface area contributed by atoms with E-state index in [9.17, 15) is 0 Å². The van der Waals surface area contributed by atoms with Crippen molar-refractivity contribution >= 4 is 0 Å². The van der Waals surface area contributed by atoms with E-state index in [1.165, 1.54) is 38.8 Å². The average molecular weight is 183 g/mol. The monoisotopic (exact) mass is 183 g/mol. The Bertz CT molecular complexity index is 146. The fraction of sp³-hybridized carbons (Fsp3) is 1.00. The fourth-order valence-electron chi connectivity index (χ4n) is 2.41. The summed E-state index contributed by atoms with van der Waals surface area (Å²) in [6.45, 7) is 12.0. The van der Waals surface area contributed by atoms with Crippen LogP contribution in [0.25, 0.3) is 0 Å². The van der Waals surface area contributed by atoms with E-state index in [2.05, 4.69) is 32.6 Å². The molecule has 0 aliphatic carbocycles. The van der Waals surface area contributed by atoms with Gasteiger partial charge in [0.25, 0.3) is 0 Å². The molecule has 1 heteroatoms. The van der Waals surface area contributed by atoms with Gasteiger partial charge in [0.2, 0.25) is 0 Å². The van der Waals surface area contributed by atoms with Crippen LogP contribution in [0, 0.1) is 5.41 Å². The second kappa shape index (κ2) is 4.45. The maximum Gasteiger partial charge on any atom is 0.0101 e. The molecule has 0 N–H and O–H groups in total. The van der Waals surface area contributed by atoms with Crippen molar-refractivity contribution in [2.45, 2.75) is 59.4 Å². The van der Waals surface area contributed by atoms with Gasteiger partial charge in [-0.2, -0.15) is 0 Å². The molecular formula is C12H25N. The van der Waals surface area contributed by atoms with Crippen LogP contribution in [0.5, 0.6) is 0 Å². The van der Waals surface area contributed by atoms with E-state index in [4.69, 9.17) is 0 Å². The van der Waals surface area contributed by atoms with Crippen molar-refractivity contribution in [3.63, 3.8) is 0 Å². The summed E-state index contributed by atoms with van der Waals surface area (Å²) in [6.07, 6.45) is 5.52. The van der Waals surface area contributed by atoms with Gasteiger partial charge in [-0.15, -0.1) is 0 Å². The predicted octanol–water partition coefficient (Wildman–Crippen LogP) is 3.30. The van der Waals surface area contributed by atoms with Crippen LogP contribution in [0.1, 0.15) is 53.4 Å². The molecule has 1 fully saturated rings. The Morgan fingerprint density at radius 1 is 1.31 bits per heavy atom. The molecular weight excluding hydrogens is 158 g/mol. The first kappa shape index (κ1) is 11.0. The molecule has 0 radical (unpaired) electrons. The van der Waals surface area contributed by atoms with Crippen molar-refractivity contribution in [3.05, 3.63) is 0 Å². The van der Waals surface area contributed by atoms with Crippen LogP contribution in [0.3, 0.4) is 0 Å². The zero-order chi connectivity index (χ0) is 9.90. The van der Waals surface area contributed by atoms with Gasteiger partial charge in [-0.1, -0.05) is 27.7 Å². The molecule has 1 aliphatic rings. The SMILES string of the molecule is CCCN1CCC[C@@H]1CC(C)(C)C. The van der Waals surface area contributed by atoms with Crippen molar-refractivity contribution in [1.29, 1.82) is 0 Å². The zero-order valence-corrected chi connectivity index (χ0v) is 9.77. The van der Waals surface area contributed by atoms with Crippen LogP contribution in [0.15, 0.2) is 0 Å². The van der Waals surface area contributed by atoms with E-state index < -0.39 is 0 Å². The van der Waals surface area contributed by atoms with E-state index >= 15 is 0 Å². The molecule has 0 aromatic carbocycles. The summed E-state index contributed by atoms with van der Waals surface area (Å²) in [7, 11) is 0. The van der Waals surface area contributed by atoms with Crippen LogP contribution in [-0.4, -0.2) is 24.0 Å². The molecule has 1 rings (SSSR count). The smallest absolute Gasteiger partial charge is 0.0101 e. The lowest BCUT2D eigenvalue weighted by Gasteiger charge is -2.30. The highest BCUT2D eigenvalue weighted by molar-refractivity contribution is 4.82. The lowest BCUT2D eigenvalue weighted by atomic mass is 9.87. The minimum atomic E-state index is 0.501. The van der Waals surface area contributed by atoms with Crippen molar-refractivity contribution in [3.8, 4) is 0 Å². The molecule has 1 saturated heterocycles. The summed E-state index contributed by atoms with van der Waals surface area (Å²) >= 11 is 0. The first-order chi connectivity index (χ1) is 6.03. The molecule has 0 aromatic heterocycles. The normalized spacial score (nSPS) is 25.4. The molecule has 78 valence electrons. The summed E-state index contributed by atoms with van der Waals surface area (Å²) in [5.74, 6) is 0. The summed E-state index contributed by atoms with van der Waals surface area (Å²) in [5.41, 5.74) is 0.501. The van der Waals surface area contributed by atoms with Crippen LogP contribution in [0.4, 0.5) is 0 Å². The van der Waals surface area contributed by atoms with Gasteiger partial charge in [0.1, 0.15) is 0 Å². The van der Waals surface area contributed by atoms with Gasteiger partial charge in [-0.25, -0.2) is 0 Å². The second-order valence-corrected chi connectivity index (χ2v) is 5.60. The van der Waals surface area contributed by atoms with Crippen LogP contribution < -0.4 is 0 Å². The molecule has 0 saturated carbocycles. The number of nitrogens with zero attached hydrogens (tertiary/aromatic N) is 1. The molecule has 0 amide bonds. The lowest BCUT2D eigenvalue weighted by molar-refractivity contribution is 0.192. The van der Waals surface area contributed by atoms with Crippen molar-refractivity contribution in [2.24, 2.45) is 5.41 Å². The maximum atomic E-state index is 2.69. The Morgan fingerprint density at radius 2 is 2.00 bits per heavy atom. The number of likely N-dealkylation sites (tertiary alicyclic amines) is 1. The van der Waals surface area contributed by atoms with E-state index in [-0.39, 0.29) is 0 Å². The Balaban J connectivity index is 2.39. The molecule has 0 bridgehead atoms. The minimum absolute atomic E-state index is 0.501. The Labute approximate surface area is 83.5 Å². The first-order valence-electron chi connectivity index (χ1n) is 5.77. The van der Waals surface area contributed by atoms with E-state index in [1.54, 1.807) is 0 Å². The standard InChI is InChI=1S/C12H25N/c1-5-8-13-9-6-7-11(13)10-12(2,3)4/h11H,5-10H2,1-4H3/t11-/m1/s1. The van der Waals surface area contributed by atoms with Crippen LogP contribution >= 0.6 is 0 Å². The van der Waals surface area contributed by atoms with E-state index in [0.29, 0.717) is 5.41 Å². The zero-order valence-electron chi connectivity index (χ0n) is 9.77. The molecule has 1 heterocycles. The minimum Gasteiger partial charge on any atom is -0.300 e. The topological polar surface area (TPSA) is 3.24 Å². The Hall–Kier alpha value is -0.0400. The first-order valence-corrected chi connectivity index (χ1v) is 5.77. The highest BCUT2D eigenvalue weighted by Gasteiger charge is 2.27. The molecule has 0 aromatic rings. The molecule has 1 nitrogen and oxygen atoms in total. The Kier molecular flexibility index (Phi) is 3.78. The van der Waals surface area contributed by atoms with Gasteiger partial charge in [-0.3, -0.25) is 0 Å². The van der Waals surface area contributed by atoms with E-state index in [1.807, 2.05) is 0 Å². The summed E-state index contributed by atoms with van der Waals surface area (Å²) < 4.78 is 0. The van der Waals surface area contributed by atoms with Gasteiger partial charge < -0.3 is 4.90 Å². The fourth-order valence-corrected chi connectivity index (χ4v) is 2.41. The van der Waals surface area contributed by atoms with Crippen molar-refractivity contribution < 1.29 is 0 Å². The maximum absolute atomic E-state index is 2.69. The van der Waals surface area contributed by atoms with Crippen LogP contribution in [0.2, 0.25) is 0 Å². The number of rotatable bonds is 3.